The predicted molar refractivity (Wildman–Crippen MR) is 81.6 cm³/mol. The Kier molecular flexibility index (Phi) is 3.73. The predicted octanol–water partition coefficient (Wildman–Crippen LogP) is 3.37. The zero-order valence-corrected chi connectivity index (χ0v) is 12.1. The van der Waals surface area contributed by atoms with Gasteiger partial charge in [0.25, 0.3) is 0 Å². The Morgan fingerprint density at radius 2 is 1.90 bits per heavy atom. The third kappa shape index (κ3) is 2.55. The molecule has 0 aliphatic carbocycles. The summed E-state index contributed by atoms with van der Waals surface area (Å²) in [5, 5.41) is 11.8. The molecule has 21 heavy (non-hydrogen) atoms. The maximum atomic E-state index is 10.6. The summed E-state index contributed by atoms with van der Waals surface area (Å²) in [7, 11) is 1.54. The summed E-state index contributed by atoms with van der Waals surface area (Å²) < 4.78 is 5.23. The van der Waals surface area contributed by atoms with E-state index in [1.54, 1.807) is 12.1 Å². The Hall–Kier alpha value is -2.17. The highest BCUT2D eigenvalue weighted by atomic mass is 35.5. The zero-order valence-electron chi connectivity index (χ0n) is 11.3. The van der Waals surface area contributed by atoms with E-state index in [0.717, 1.165) is 5.56 Å². The standard InChI is InChI=1S/C16H13ClN2O2/c1-21-16-13-8-11(17)7-12(14(13)18-9-19-16)15(20)10-5-3-2-4-6-10/h2-9,15,20H,1H3. The maximum Gasteiger partial charge on any atom is 0.224 e. The summed E-state index contributed by atoms with van der Waals surface area (Å²) in [6, 6.07) is 12.8. The summed E-state index contributed by atoms with van der Waals surface area (Å²) in [5.74, 6) is 0.434. The lowest BCUT2D eigenvalue weighted by Crippen LogP contribution is -2.02. The Balaban J connectivity index is 2.23. The first-order chi connectivity index (χ1) is 10.2. The molecule has 3 rings (SSSR count). The van der Waals surface area contributed by atoms with Crippen molar-refractivity contribution in [3.05, 3.63) is 64.9 Å². The molecule has 3 aromatic rings. The van der Waals surface area contributed by atoms with Crippen LogP contribution in [0.25, 0.3) is 10.9 Å². The van der Waals surface area contributed by atoms with Crippen LogP contribution in [0.2, 0.25) is 5.02 Å². The largest absolute Gasteiger partial charge is 0.480 e. The fourth-order valence-electron chi connectivity index (χ4n) is 2.32. The second-order valence-electron chi connectivity index (χ2n) is 4.59. The van der Waals surface area contributed by atoms with Crippen molar-refractivity contribution in [2.75, 3.05) is 7.11 Å². The molecule has 0 amide bonds. The third-order valence-electron chi connectivity index (χ3n) is 3.30. The minimum atomic E-state index is -0.813. The van der Waals surface area contributed by atoms with Crippen LogP contribution in [0.3, 0.4) is 0 Å². The van der Waals surface area contributed by atoms with Crippen molar-refractivity contribution in [3.8, 4) is 5.88 Å². The minimum absolute atomic E-state index is 0.434. The van der Waals surface area contributed by atoms with Gasteiger partial charge in [0, 0.05) is 10.6 Å². The number of halogens is 1. The average molecular weight is 301 g/mol. The van der Waals surface area contributed by atoms with Gasteiger partial charge >= 0.3 is 0 Å². The number of fused-ring (bicyclic) bond motifs is 1. The number of ether oxygens (including phenoxy) is 1. The van der Waals surface area contributed by atoms with Crippen LogP contribution in [0.15, 0.2) is 48.8 Å². The smallest absolute Gasteiger partial charge is 0.224 e. The molecule has 1 unspecified atom stereocenters. The van der Waals surface area contributed by atoms with Crippen LogP contribution < -0.4 is 4.74 Å². The van der Waals surface area contributed by atoms with Crippen LogP contribution in [-0.2, 0) is 0 Å². The summed E-state index contributed by atoms with van der Waals surface area (Å²) in [6.07, 6.45) is 0.600. The molecule has 0 spiro atoms. The van der Waals surface area contributed by atoms with Crippen molar-refractivity contribution < 1.29 is 9.84 Å². The van der Waals surface area contributed by atoms with Gasteiger partial charge in [0.1, 0.15) is 12.4 Å². The highest BCUT2D eigenvalue weighted by Crippen LogP contribution is 2.33. The number of benzene rings is 2. The Bertz CT molecular complexity index is 778. The molecular weight excluding hydrogens is 288 g/mol. The first kappa shape index (κ1) is 13.8. The quantitative estimate of drug-likeness (QED) is 0.805. The molecule has 5 heteroatoms. The van der Waals surface area contributed by atoms with E-state index in [4.69, 9.17) is 16.3 Å². The molecule has 4 nitrogen and oxygen atoms in total. The molecular formula is C16H13ClN2O2. The van der Waals surface area contributed by atoms with Crippen molar-refractivity contribution in [3.63, 3.8) is 0 Å². The van der Waals surface area contributed by atoms with Gasteiger partial charge < -0.3 is 9.84 Å². The van der Waals surface area contributed by atoms with E-state index < -0.39 is 6.10 Å². The van der Waals surface area contributed by atoms with Crippen molar-refractivity contribution >= 4 is 22.5 Å². The van der Waals surface area contributed by atoms with Crippen LogP contribution in [-0.4, -0.2) is 22.2 Å². The van der Waals surface area contributed by atoms with E-state index in [9.17, 15) is 5.11 Å². The summed E-state index contributed by atoms with van der Waals surface area (Å²) in [5.41, 5.74) is 2.03. The van der Waals surface area contributed by atoms with Crippen LogP contribution in [0.1, 0.15) is 17.2 Å². The number of aliphatic hydroxyl groups excluding tert-OH is 1. The van der Waals surface area contributed by atoms with Crippen LogP contribution >= 0.6 is 11.6 Å². The molecule has 0 radical (unpaired) electrons. The topological polar surface area (TPSA) is 55.2 Å². The van der Waals surface area contributed by atoms with Crippen molar-refractivity contribution in [2.24, 2.45) is 0 Å². The molecule has 106 valence electrons. The SMILES string of the molecule is COc1ncnc2c(C(O)c3ccccc3)cc(Cl)cc12. The lowest BCUT2D eigenvalue weighted by Gasteiger charge is -2.15. The number of aromatic nitrogens is 2. The monoisotopic (exact) mass is 300 g/mol. The van der Waals surface area contributed by atoms with Gasteiger partial charge in [-0.25, -0.2) is 9.97 Å². The number of rotatable bonds is 3. The molecule has 0 saturated carbocycles. The van der Waals surface area contributed by atoms with Gasteiger partial charge in [-0.1, -0.05) is 41.9 Å². The Morgan fingerprint density at radius 3 is 2.62 bits per heavy atom. The van der Waals surface area contributed by atoms with Crippen LogP contribution in [0, 0.1) is 0 Å². The average Bonchev–Trinajstić information content (AvgIpc) is 2.53. The van der Waals surface area contributed by atoms with Gasteiger partial charge in [0.15, 0.2) is 0 Å². The van der Waals surface area contributed by atoms with Crippen LogP contribution in [0.4, 0.5) is 0 Å². The molecule has 1 N–H and O–H groups in total. The maximum absolute atomic E-state index is 10.6. The molecule has 0 saturated heterocycles. The van der Waals surface area contributed by atoms with Gasteiger partial charge in [-0.3, -0.25) is 0 Å². The summed E-state index contributed by atoms with van der Waals surface area (Å²) in [6.45, 7) is 0. The molecule has 1 heterocycles. The van der Waals surface area contributed by atoms with E-state index in [-0.39, 0.29) is 0 Å². The number of hydrogen-bond donors (Lipinski definition) is 1. The van der Waals surface area contributed by atoms with E-state index in [2.05, 4.69) is 9.97 Å². The number of aliphatic hydroxyl groups is 1. The van der Waals surface area contributed by atoms with Crippen molar-refractivity contribution in [1.29, 1.82) is 0 Å². The van der Waals surface area contributed by atoms with Crippen LogP contribution in [0.5, 0.6) is 5.88 Å². The fraction of sp³-hybridized carbons (Fsp3) is 0.125. The molecule has 2 aromatic carbocycles. The molecule has 0 bridgehead atoms. The second kappa shape index (κ2) is 5.68. The molecule has 1 atom stereocenters. The third-order valence-corrected chi connectivity index (χ3v) is 3.52. The molecule has 0 fully saturated rings. The molecule has 1 aromatic heterocycles. The number of methoxy groups -OCH3 is 1. The number of nitrogens with zero attached hydrogens (tertiary/aromatic N) is 2. The van der Waals surface area contributed by atoms with Gasteiger partial charge in [-0.15, -0.1) is 0 Å². The van der Waals surface area contributed by atoms with Gasteiger partial charge in [-0.05, 0) is 17.7 Å². The lowest BCUT2D eigenvalue weighted by atomic mass is 9.99. The molecule has 0 aliphatic rings. The first-order valence-corrected chi connectivity index (χ1v) is 6.79. The van der Waals surface area contributed by atoms with E-state index in [0.29, 0.717) is 27.4 Å². The Morgan fingerprint density at radius 1 is 1.14 bits per heavy atom. The van der Waals surface area contributed by atoms with Gasteiger partial charge in [0.05, 0.1) is 18.0 Å². The van der Waals surface area contributed by atoms with Crippen molar-refractivity contribution in [2.45, 2.75) is 6.10 Å². The van der Waals surface area contributed by atoms with Gasteiger partial charge in [0.2, 0.25) is 5.88 Å². The van der Waals surface area contributed by atoms with E-state index >= 15 is 0 Å². The van der Waals surface area contributed by atoms with E-state index in [1.165, 1.54) is 13.4 Å². The zero-order chi connectivity index (χ0) is 14.8. The summed E-state index contributed by atoms with van der Waals surface area (Å²) >= 11 is 6.16. The first-order valence-electron chi connectivity index (χ1n) is 6.42. The highest BCUT2D eigenvalue weighted by molar-refractivity contribution is 6.31. The lowest BCUT2D eigenvalue weighted by molar-refractivity contribution is 0.221. The minimum Gasteiger partial charge on any atom is -0.480 e. The highest BCUT2D eigenvalue weighted by Gasteiger charge is 2.17. The van der Waals surface area contributed by atoms with Gasteiger partial charge in [-0.2, -0.15) is 0 Å². The number of hydrogen-bond acceptors (Lipinski definition) is 4. The molecule has 0 aliphatic heterocycles. The van der Waals surface area contributed by atoms with Crippen molar-refractivity contribution in [1.82, 2.24) is 9.97 Å². The Labute approximate surface area is 127 Å². The fourth-order valence-corrected chi connectivity index (χ4v) is 2.55. The normalized spacial score (nSPS) is 12.3. The van der Waals surface area contributed by atoms with E-state index in [1.807, 2.05) is 30.3 Å². The second-order valence-corrected chi connectivity index (χ2v) is 5.02. The summed E-state index contributed by atoms with van der Waals surface area (Å²) in [4.78, 5) is 8.33.